The van der Waals surface area contributed by atoms with E-state index in [2.05, 4.69) is 15.0 Å². The second kappa shape index (κ2) is 4.90. The number of benzene rings is 1. The Labute approximate surface area is 120 Å². The monoisotopic (exact) mass is 282 g/mol. The predicted molar refractivity (Wildman–Crippen MR) is 81.6 cm³/mol. The highest BCUT2D eigenvalue weighted by Gasteiger charge is 2.10. The van der Waals surface area contributed by atoms with E-state index in [0.29, 0.717) is 16.6 Å². The molecule has 1 aromatic carbocycles. The minimum atomic E-state index is -0.291. The molecule has 3 rings (SSSR count). The molecule has 6 heteroatoms. The molecule has 0 radical (unpaired) electrons. The van der Waals surface area contributed by atoms with Crippen LogP contribution in [0.3, 0.4) is 0 Å². The number of fused-ring (bicyclic) bond motifs is 1. The number of aromatic hydroxyl groups is 1. The first-order valence-electron chi connectivity index (χ1n) is 6.41. The molecule has 3 aromatic rings. The van der Waals surface area contributed by atoms with Gasteiger partial charge in [0, 0.05) is 19.7 Å². The summed E-state index contributed by atoms with van der Waals surface area (Å²) < 4.78 is 0. The van der Waals surface area contributed by atoms with Crippen LogP contribution in [-0.4, -0.2) is 34.2 Å². The molecule has 2 heterocycles. The molecule has 0 saturated heterocycles. The number of nitrogens with one attached hydrogen (secondary N) is 1. The summed E-state index contributed by atoms with van der Waals surface area (Å²) in [5.41, 5.74) is 1.34. The van der Waals surface area contributed by atoms with E-state index in [1.807, 2.05) is 37.2 Å². The number of anilines is 1. The lowest BCUT2D eigenvalue weighted by Crippen LogP contribution is -2.10. The van der Waals surface area contributed by atoms with Gasteiger partial charge >= 0.3 is 0 Å². The molecule has 6 nitrogen and oxygen atoms in total. The second-order valence-corrected chi connectivity index (χ2v) is 4.90. The third-order valence-corrected chi connectivity index (χ3v) is 3.21. The number of hydrogen-bond donors (Lipinski definition) is 2. The number of aromatic amines is 1. The molecule has 2 N–H and O–H groups in total. The Kier molecular flexibility index (Phi) is 3.06. The molecule has 0 bridgehead atoms. The van der Waals surface area contributed by atoms with E-state index in [9.17, 15) is 9.90 Å². The second-order valence-electron chi connectivity index (χ2n) is 4.90. The third-order valence-electron chi connectivity index (χ3n) is 3.21. The fourth-order valence-electron chi connectivity index (χ4n) is 2.14. The van der Waals surface area contributed by atoms with Crippen molar-refractivity contribution in [1.29, 1.82) is 0 Å². The molecule has 0 unspecified atom stereocenters. The Balaban J connectivity index is 2.24. The van der Waals surface area contributed by atoms with Crippen molar-refractivity contribution >= 4 is 16.7 Å². The number of aromatic nitrogens is 3. The van der Waals surface area contributed by atoms with E-state index in [-0.39, 0.29) is 16.8 Å². The Bertz CT molecular complexity index is 871. The molecule has 0 saturated carbocycles. The van der Waals surface area contributed by atoms with Gasteiger partial charge < -0.3 is 15.0 Å². The largest absolute Gasteiger partial charge is 0.506 e. The minimum absolute atomic E-state index is 0.0364. The van der Waals surface area contributed by atoms with Gasteiger partial charge in [-0.1, -0.05) is 6.07 Å². The van der Waals surface area contributed by atoms with Gasteiger partial charge in [0.05, 0.1) is 17.4 Å². The van der Waals surface area contributed by atoms with E-state index in [1.165, 1.54) is 6.33 Å². The first-order valence-corrected chi connectivity index (χ1v) is 6.41. The molecule has 0 aliphatic rings. The standard InChI is InChI=1S/C15H14N4O2/c1-19(2)13-5-3-4-11(18-13)9-6-10-14(12(20)7-9)16-8-17-15(10)21/h3-8,20H,1-2H3,(H,16,17,21). The van der Waals surface area contributed by atoms with Gasteiger partial charge in [0.25, 0.3) is 5.56 Å². The topological polar surface area (TPSA) is 82.1 Å². The summed E-state index contributed by atoms with van der Waals surface area (Å²) in [5, 5.41) is 10.4. The van der Waals surface area contributed by atoms with E-state index in [1.54, 1.807) is 12.1 Å². The van der Waals surface area contributed by atoms with Crippen LogP contribution in [0.2, 0.25) is 0 Å². The number of H-pyrrole nitrogens is 1. The SMILES string of the molecule is CN(C)c1cccc(-c2cc(O)c3nc[nH]c(=O)c3c2)n1. The van der Waals surface area contributed by atoms with Gasteiger partial charge in [0.15, 0.2) is 0 Å². The maximum absolute atomic E-state index is 11.9. The Morgan fingerprint density at radius 3 is 2.81 bits per heavy atom. The summed E-state index contributed by atoms with van der Waals surface area (Å²) in [6.45, 7) is 0. The highest BCUT2D eigenvalue weighted by Crippen LogP contribution is 2.28. The molecule has 0 aliphatic heterocycles. The molecule has 0 amide bonds. The molecule has 106 valence electrons. The van der Waals surface area contributed by atoms with Crippen LogP contribution in [0.25, 0.3) is 22.2 Å². The molecule has 0 aliphatic carbocycles. The maximum Gasteiger partial charge on any atom is 0.258 e. The van der Waals surface area contributed by atoms with E-state index in [0.717, 1.165) is 5.82 Å². The fraction of sp³-hybridized carbons (Fsp3) is 0.133. The van der Waals surface area contributed by atoms with Crippen LogP contribution >= 0.6 is 0 Å². The number of phenolic OH excluding ortho intramolecular Hbond substituents is 1. The third kappa shape index (κ3) is 2.31. The predicted octanol–water partition coefficient (Wildman–Crippen LogP) is 1.76. The molecule has 21 heavy (non-hydrogen) atoms. The van der Waals surface area contributed by atoms with Crippen molar-refractivity contribution in [3.05, 3.63) is 47.0 Å². The van der Waals surface area contributed by atoms with Gasteiger partial charge in [-0.3, -0.25) is 4.79 Å². The van der Waals surface area contributed by atoms with Crippen LogP contribution in [0, 0.1) is 0 Å². The van der Waals surface area contributed by atoms with Gasteiger partial charge in [0.1, 0.15) is 17.1 Å². The fourth-order valence-corrected chi connectivity index (χ4v) is 2.14. The Hall–Kier alpha value is -2.89. The number of hydrogen-bond acceptors (Lipinski definition) is 5. The van der Waals surface area contributed by atoms with Gasteiger partial charge in [0.2, 0.25) is 0 Å². The normalized spacial score (nSPS) is 10.8. The molecule has 0 atom stereocenters. The summed E-state index contributed by atoms with van der Waals surface area (Å²) in [6.07, 6.45) is 1.27. The first-order chi connectivity index (χ1) is 10.1. The Morgan fingerprint density at radius 2 is 2.05 bits per heavy atom. The van der Waals surface area contributed by atoms with Gasteiger partial charge in [-0.15, -0.1) is 0 Å². The number of rotatable bonds is 2. The van der Waals surface area contributed by atoms with Crippen LogP contribution in [0.5, 0.6) is 5.75 Å². The van der Waals surface area contributed by atoms with Crippen LogP contribution in [0.4, 0.5) is 5.82 Å². The minimum Gasteiger partial charge on any atom is -0.506 e. The number of nitrogens with zero attached hydrogens (tertiary/aromatic N) is 3. The van der Waals surface area contributed by atoms with Crippen molar-refractivity contribution in [1.82, 2.24) is 15.0 Å². The van der Waals surface area contributed by atoms with Crippen molar-refractivity contribution in [3.63, 3.8) is 0 Å². The summed E-state index contributed by atoms with van der Waals surface area (Å²) in [6, 6.07) is 8.85. The maximum atomic E-state index is 11.9. The van der Waals surface area contributed by atoms with Crippen LogP contribution in [0.1, 0.15) is 0 Å². The highest BCUT2D eigenvalue weighted by molar-refractivity contribution is 5.88. The van der Waals surface area contributed by atoms with Crippen molar-refractivity contribution < 1.29 is 5.11 Å². The van der Waals surface area contributed by atoms with Crippen molar-refractivity contribution in [2.75, 3.05) is 19.0 Å². The van der Waals surface area contributed by atoms with Crippen molar-refractivity contribution in [2.24, 2.45) is 0 Å². The zero-order chi connectivity index (χ0) is 15.0. The van der Waals surface area contributed by atoms with Gasteiger partial charge in [-0.05, 0) is 24.3 Å². The molecule has 0 fully saturated rings. The van der Waals surface area contributed by atoms with Crippen molar-refractivity contribution in [2.45, 2.75) is 0 Å². The highest BCUT2D eigenvalue weighted by atomic mass is 16.3. The lowest BCUT2D eigenvalue weighted by atomic mass is 10.1. The molecule has 2 aromatic heterocycles. The van der Waals surface area contributed by atoms with Gasteiger partial charge in [-0.25, -0.2) is 9.97 Å². The van der Waals surface area contributed by atoms with Gasteiger partial charge in [-0.2, -0.15) is 0 Å². The summed E-state index contributed by atoms with van der Waals surface area (Å²) >= 11 is 0. The number of pyridine rings is 1. The lowest BCUT2D eigenvalue weighted by Gasteiger charge is -2.12. The lowest BCUT2D eigenvalue weighted by molar-refractivity contribution is 0.480. The van der Waals surface area contributed by atoms with Crippen LogP contribution in [0.15, 0.2) is 41.5 Å². The quantitative estimate of drug-likeness (QED) is 0.748. The van der Waals surface area contributed by atoms with Crippen molar-refractivity contribution in [3.8, 4) is 17.0 Å². The smallest absolute Gasteiger partial charge is 0.258 e. The van der Waals surface area contributed by atoms with E-state index in [4.69, 9.17) is 0 Å². The average molecular weight is 282 g/mol. The first kappa shape index (κ1) is 13.1. The zero-order valence-corrected chi connectivity index (χ0v) is 11.7. The summed E-state index contributed by atoms with van der Waals surface area (Å²) in [5.74, 6) is 0.762. The molecular weight excluding hydrogens is 268 g/mol. The Morgan fingerprint density at radius 1 is 1.24 bits per heavy atom. The van der Waals surface area contributed by atoms with Crippen LogP contribution in [-0.2, 0) is 0 Å². The number of phenols is 1. The van der Waals surface area contributed by atoms with Crippen LogP contribution < -0.4 is 10.5 Å². The zero-order valence-electron chi connectivity index (χ0n) is 11.7. The molecular formula is C15H14N4O2. The average Bonchev–Trinajstić information content (AvgIpc) is 2.48. The summed E-state index contributed by atoms with van der Waals surface area (Å²) in [4.78, 5) is 24.7. The summed E-state index contributed by atoms with van der Waals surface area (Å²) in [7, 11) is 3.80. The van der Waals surface area contributed by atoms with E-state index >= 15 is 0 Å². The molecule has 0 spiro atoms. The van der Waals surface area contributed by atoms with E-state index < -0.39 is 0 Å².